The monoisotopic (exact) mass is 871 g/mol. The molecule has 4 aliphatic rings. The second kappa shape index (κ2) is 18.8. The van der Waals surface area contributed by atoms with Crippen molar-refractivity contribution < 1.29 is 55.6 Å². The number of amides is 1. The lowest BCUT2D eigenvalue weighted by Crippen LogP contribution is -2.54. The van der Waals surface area contributed by atoms with Crippen molar-refractivity contribution in [2.75, 3.05) is 6.54 Å². The number of rotatable bonds is 9. The van der Waals surface area contributed by atoms with Gasteiger partial charge in [-0.25, -0.2) is 4.79 Å². The van der Waals surface area contributed by atoms with Crippen LogP contribution in [0.15, 0.2) is 78.4 Å². The molecular weight excluding hydrogens is 813 g/mol. The summed E-state index contributed by atoms with van der Waals surface area (Å²) >= 11 is 0. The minimum absolute atomic E-state index is 0.0991. The van der Waals surface area contributed by atoms with E-state index in [9.17, 15) is 46.1 Å². The smallest absolute Gasteiger partial charge is 0.446 e. The normalized spacial score (nSPS) is 27.3. The second-order valence-electron chi connectivity index (χ2n) is 18.7. The number of ether oxygens (including phenoxy) is 2. The molecular formula is C49H59F6NO6. The van der Waals surface area contributed by atoms with E-state index in [1.807, 2.05) is 19.9 Å². The minimum atomic E-state index is -4.89. The van der Waals surface area contributed by atoms with Gasteiger partial charge in [0, 0.05) is 23.1 Å². The van der Waals surface area contributed by atoms with Crippen LogP contribution >= 0.6 is 0 Å². The van der Waals surface area contributed by atoms with E-state index in [-0.39, 0.29) is 55.0 Å². The first-order chi connectivity index (χ1) is 29.0. The van der Waals surface area contributed by atoms with Gasteiger partial charge < -0.3 is 24.6 Å². The van der Waals surface area contributed by atoms with E-state index in [2.05, 4.69) is 31.6 Å². The maximum atomic E-state index is 14.5. The Kier molecular flexibility index (Phi) is 14.3. The molecule has 0 aliphatic heterocycles. The molecule has 2 N–H and O–H groups in total. The van der Waals surface area contributed by atoms with Crippen molar-refractivity contribution in [2.45, 2.75) is 142 Å². The number of aliphatic hydroxyl groups excluding tert-OH is 1. The van der Waals surface area contributed by atoms with Crippen LogP contribution in [0.3, 0.4) is 0 Å². The summed E-state index contributed by atoms with van der Waals surface area (Å²) in [6.45, 7) is 9.91. The first-order valence-electron chi connectivity index (χ1n) is 21.8. The Balaban J connectivity index is 1.42. The third kappa shape index (κ3) is 11.0. The molecule has 0 saturated heterocycles. The summed E-state index contributed by atoms with van der Waals surface area (Å²) in [6.07, 6.45) is -4.00. The van der Waals surface area contributed by atoms with Gasteiger partial charge in [0.25, 0.3) is 0 Å². The van der Waals surface area contributed by atoms with Crippen LogP contribution in [-0.4, -0.2) is 57.7 Å². The average Bonchev–Trinajstić information content (AvgIpc) is 3.44. The summed E-state index contributed by atoms with van der Waals surface area (Å²) in [5, 5.41) is 24.2. The second-order valence-corrected chi connectivity index (χ2v) is 18.7. The van der Waals surface area contributed by atoms with Crippen LogP contribution in [0, 0.1) is 23.2 Å². The largest absolute Gasteiger partial charge is 0.573 e. The molecule has 3 aromatic carbocycles. The summed E-state index contributed by atoms with van der Waals surface area (Å²) < 4.78 is 91.1. The predicted octanol–water partition coefficient (Wildman–Crippen LogP) is 12.0. The highest BCUT2D eigenvalue weighted by Gasteiger charge is 2.58. The lowest BCUT2D eigenvalue weighted by atomic mass is 9.64. The summed E-state index contributed by atoms with van der Waals surface area (Å²) in [4.78, 5) is 30.4. The fourth-order valence-corrected chi connectivity index (χ4v) is 10.2. The first-order valence-corrected chi connectivity index (χ1v) is 21.8. The zero-order chi connectivity index (χ0) is 45.2. The van der Waals surface area contributed by atoms with E-state index < -0.39 is 58.8 Å². The van der Waals surface area contributed by atoms with Gasteiger partial charge in [-0.3, -0.25) is 4.79 Å². The number of hydrogen-bond acceptors (Lipinski definition) is 6. The highest BCUT2D eigenvalue weighted by molar-refractivity contribution is 6.10. The van der Waals surface area contributed by atoms with E-state index in [1.165, 1.54) is 41.3 Å². The number of ketones is 1. The maximum Gasteiger partial charge on any atom is 0.573 e. The number of carbonyl (C=O) groups excluding carboxylic acids is 2. The van der Waals surface area contributed by atoms with Gasteiger partial charge in [0.1, 0.15) is 11.9 Å². The molecule has 0 unspecified atom stereocenters. The lowest BCUT2D eigenvalue weighted by Gasteiger charge is -2.46. The molecule has 2 fully saturated rings. The van der Waals surface area contributed by atoms with Crippen molar-refractivity contribution >= 4 is 11.9 Å². The summed E-state index contributed by atoms with van der Waals surface area (Å²) in [5.41, 5.74) is -0.826. The Labute approximate surface area is 360 Å². The van der Waals surface area contributed by atoms with Crippen LogP contribution in [0.4, 0.5) is 31.1 Å². The van der Waals surface area contributed by atoms with Gasteiger partial charge in [0.05, 0.1) is 23.8 Å². The minimum Gasteiger partial charge on any atom is -0.446 e. The number of allylic oxidation sites excluding steroid dienone is 2. The van der Waals surface area contributed by atoms with Crippen molar-refractivity contribution in [1.29, 1.82) is 0 Å². The predicted molar refractivity (Wildman–Crippen MR) is 223 cm³/mol. The molecule has 0 aromatic heterocycles. The number of alkyl halides is 6. The highest BCUT2D eigenvalue weighted by Crippen LogP contribution is 2.59. The van der Waals surface area contributed by atoms with Crippen molar-refractivity contribution in [1.82, 2.24) is 4.90 Å². The van der Waals surface area contributed by atoms with Gasteiger partial charge in [0.2, 0.25) is 0 Å². The fraction of sp³-hybridized carbons (Fsp3) is 0.551. The zero-order valence-electron chi connectivity index (χ0n) is 36.1. The third-order valence-corrected chi connectivity index (χ3v) is 13.8. The van der Waals surface area contributed by atoms with Gasteiger partial charge in [0.15, 0.2) is 5.78 Å². The molecule has 7 nitrogen and oxygen atoms in total. The molecule has 0 spiro atoms. The maximum absolute atomic E-state index is 14.5. The quantitative estimate of drug-likeness (QED) is 0.126. The molecule has 4 aliphatic carbocycles. The van der Waals surface area contributed by atoms with Gasteiger partial charge in [-0.15, -0.1) is 13.2 Å². The van der Waals surface area contributed by atoms with Crippen molar-refractivity contribution in [3.8, 4) is 5.75 Å². The van der Waals surface area contributed by atoms with Crippen LogP contribution in [-0.2, 0) is 23.9 Å². The SMILES string of the molecule is CC1=CCC[C@@]2(C)[C@@H](CC[C@@]2(O)CN(Cc2ccc(OC(F)(F)F)cc2)C(=O)O[C@H]2C[C@@H](C)CC[C@@H]2C(C)C)c2ccc(cc2C(=O)c2cccc(C(F)(F)F)c2)C[C@@H](O)CC1. The number of halogens is 6. The van der Waals surface area contributed by atoms with Crippen molar-refractivity contribution in [3.63, 3.8) is 0 Å². The van der Waals surface area contributed by atoms with Crippen LogP contribution < -0.4 is 4.74 Å². The molecule has 1 amide bonds. The number of hydrogen-bond donors (Lipinski definition) is 2. The Morgan fingerprint density at radius 1 is 0.935 bits per heavy atom. The molecule has 13 heteroatoms. The molecule has 3 aromatic rings. The van der Waals surface area contributed by atoms with Crippen LogP contribution in [0.2, 0.25) is 0 Å². The molecule has 7 rings (SSSR count). The lowest BCUT2D eigenvalue weighted by molar-refractivity contribution is -0.274. The number of benzene rings is 3. The number of aliphatic hydroxyl groups is 2. The van der Waals surface area contributed by atoms with E-state index in [4.69, 9.17) is 4.74 Å². The van der Waals surface area contributed by atoms with Crippen LogP contribution in [0.5, 0.6) is 5.75 Å². The Morgan fingerprint density at radius 2 is 1.66 bits per heavy atom. The van der Waals surface area contributed by atoms with Gasteiger partial charge in [-0.1, -0.05) is 82.2 Å². The standard InChI is InChI=1S/C49H59F6NO6/c1-30(2)39-19-12-32(4)24-43(39)61-45(59)56(28-33-13-17-38(18-14-33)62-49(53,54)55)29-47(60)23-21-42-40-20-15-34(25-37(57)16-11-31(3)8-7-22-46(42,47)5)26-41(40)44(58)35-9-6-10-36(27-35)48(50,51)52/h6,8-10,13-15,17-18,20,26-27,30,32,37,39,42-43,57,60H,7,11-12,16,19,21-25,28-29H2,1-5H3/t32-,37-,39+,42-,43-,46-,47+/m0/s1. The summed E-state index contributed by atoms with van der Waals surface area (Å²) in [6, 6.07) is 14.8. The van der Waals surface area contributed by atoms with Gasteiger partial charge in [-0.05, 0) is 135 Å². The Bertz CT molecular complexity index is 2080. The zero-order valence-corrected chi connectivity index (χ0v) is 36.1. The molecule has 338 valence electrons. The molecule has 62 heavy (non-hydrogen) atoms. The first kappa shape index (κ1) is 47.1. The number of nitrogens with zero attached hydrogens (tertiary/aromatic N) is 1. The molecule has 2 saturated carbocycles. The Hall–Kier alpha value is -4.36. The average molecular weight is 872 g/mol. The number of carbonyl (C=O) groups is 2. The Morgan fingerprint density at radius 3 is 2.34 bits per heavy atom. The van der Waals surface area contributed by atoms with Crippen molar-refractivity contribution in [3.05, 3.63) is 112 Å². The molecule has 2 bridgehead atoms. The van der Waals surface area contributed by atoms with Gasteiger partial charge in [-0.2, -0.15) is 13.2 Å². The van der Waals surface area contributed by atoms with Crippen molar-refractivity contribution in [2.24, 2.45) is 23.2 Å². The topological polar surface area (TPSA) is 96.3 Å². The number of fused-ring (bicyclic) bond motifs is 8. The van der Waals surface area contributed by atoms with Crippen LogP contribution in [0.25, 0.3) is 0 Å². The van der Waals surface area contributed by atoms with Crippen LogP contribution in [0.1, 0.15) is 136 Å². The van der Waals surface area contributed by atoms with Gasteiger partial charge >= 0.3 is 18.6 Å². The summed E-state index contributed by atoms with van der Waals surface area (Å²) in [5.74, 6) is -0.882. The van der Waals surface area contributed by atoms with E-state index in [0.29, 0.717) is 61.1 Å². The molecule has 0 heterocycles. The summed E-state index contributed by atoms with van der Waals surface area (Å²) in [7, 11) is 0. The third-order valence-electron chi connectivity index (χ3n) is 13.8. The molecule has 0 radical (unpaired) electrons. The van der Waals surface area contributed by atoms with E-state index >= 15 is 0 Å². The fourth-order valence-electron chi connectivity index (χ4n) is 10.2. The van der Waals surface area contributed by atoms with E-state index in [0.717, 1.165) is 30.5 Å². The highest BCUT2D eigenvalue weighted by atomic mass is 19.4. The molecule has 7 atom stereocenters. The van der Waals surface area contributed by atoms with E-state index in [1.54, 1.807) is 12.1 Å².